The molecule has 0 aliphatic rings. The van der Waals surface area contributed by atoms with E-state index in [4.69, 9.17) is 0 Å². The first-order valence-corrected chi connectivity index (χ1v) is 5.29. The molecule has 0 amide bonds. The van der Waals surface area contributed by atoms with Crippen LogP contribution in [0.5, 0.6) is 0 Å². The van der Waals surface area contributed by atoms with Crippen LogP contribution in [0, 0.1) is 5.82 Å². The second-order valence-corrected chi connectivity index (χ2v) is 3.74. The second-order valence-electron chi connectivity index (χ2n) is 3.74. The number of hydrogen-bond donors (Lipinski definition) is 1. The molecule has 2 heteroatoms. The van der Waals surface area contributed by atoms with E-state index in [0.29, 0.717) is 0 Å². The highest BCUT2D eigenvalue weighted by molar-refractivity contribution is 5.63. The number of rotatable bonds is 3. The maximum absolute atomic E-state index is 13.0. The summed E-state index contributed by atoms with van der Waals surface area (Å²) in [5.41, 5.74) is 3.18. The predicted molar refractivity (Wildman–Crippen MR) is 64.6 cm³/mol. The van der Waals surface area contributed by atoms with E-state index >= 15 is 0 Å². The molecule has 0 unspecified atom stereocenters. The number of hydrogen-bond acceptors (Lipinski definition) is 1. The van der Waals surface area contributed by atoms with Crippen LogP contribution in [0.3, 0.4) is 0 Å². The van der Waals surface area contributed by atoms with E-state index in [1.54, 1.807) is 12.1 Å². The van der Waals surface area contributed by atoms with Crippen molar-refractivity contribution in [2.75, 3.05) is 7.05 Å². The van der Waals surface area contributed by atoms with Gasteiger partial charge in [-0.25, -0.2) is 4.39 Å². The largest absolute Gasteiger partial charge is 0.316 e. The van der Waals surface area contributed by atoms with Gasteiger partial charge in [-0.3, -0.25) is 0 Å². The summed E-state index contributed by atoms with van der Waals surface area (Å²) in [6.45, 7) is 0.851. The molecular weight excluding hydrogens is 201 g/mol. The van der Waals surface area contributed by atoms with Gasteiger partial charge in [0.2, 0.25) is 0 Å². The van der Waals surface area contributed by atoms with Crippen LogP contribution in [0.4, 0.5) is 4.39 Å². The third-order valence-corrected chi connectivity index (χ3v) is 2.49. The van der Waals surface area contributed by atoms with Crippen LogP contribution in [-0.2, 0) is 6.54 Å². The Hall–Kier alpha value is -1.67. The Morgan fingerprint density at radius 2 is 1.75 bits per heavy atom. The van der Waals surface area contributed by atoms with E-state index in [1.807, 2.05) is 25.2 Å². The van der Waals surface area contributed by atoms with Gasteiger partial charge in [0.15, 0.2) is 0 Å². The minimum Gasteiger partial charge on any atom is -0.316 e. The van der Waals surface area contributed by atoms with Crippen LogP contribution >= 0.6 is 0 Å². The van der Waals surface area contributed by atoms with Gasteiger partial charge in [-0.15, -0.1) is 0 Å². The summed E-state index contributed by atoms with van der Waals surface area (Å²) in [6, 6.07) is 14.8. The Bertz CT molecular complexity index is 462. The zero-order valence-corrected chi connectivity index (χ0v) is 9.20. The zero-order chi connectivity index (χ0) is 11.4. The molecule has 0 saturated carbocycles. The Morgan fingerprint density at radius 3 is 2.38 bits per heavy atom. The van der Waals surface area contributed by atoms with Crippen LogP contribution in [0.2, 0.25) is 0 Å². The molecule has 2 aromatic rings. The molecule has 1 nitrogen and oxygen atoms in total. The molecule has 0 aliphatic carbocycles. The Kier molecular flexibility index (Phi) is 3.32. The van der Waals surface area contributed by atoms with Crippen molar-refractivity contribution in [2.45, 2.75) is 6.54 Å². The first-order valence-electron chi connectivity index (χ1n) is 5.29. The van der Waals surface area contributed by atoms with Crippen LogP contribution in [-0.4, -0.2) is 7.05 Å². The van der Waals surface area contributed by atoms with Gasteiger partial charge in [-0.1, -0.05) is 36.4 Å². The lowest BCUT2D eigenvalue weighted by atomic mass is 10.0. The lowest BCUT2D eigenvalue weighted by Crippen LogP contribution is -2.04. The lowest BCUT2D eigenvalue weighted by molar-refractivity contribution is 0.628. The van der Waals surface area contributed by atoms with E-state index in [1.165, 1.54) is 11.6 Å². The van der Waals surface area contributed by atoms with Crippen molar-refractivity contribution in [3.8, 4) is 11.1 Å². The van der Waals surface area contributed by atoms with Gasteiger partial charge >= 0.3 is 0 Å². The molecular formula is C14H14FN. The van der Waals surface area contributed by atoms with Crippen molar-refractivity contribution in [1.82, 2.24) is 5.32 Å². The maximum atomic E-state index is 13.0. The lowest BCUT2D eigenvalue weighted by Gasteiger charge is -2.04. The molecule has 82 valence electrons. The molecule has 0 aliphatic heterocycles. The minimum absolute atomic E-state index is 0.197. The normalized spacial score (nSPS) is 10.4. The van der Waals surface area contributed by atoms with Gasteiger partial charge in [0.05, 0.1) is 0 Å². The summed E-state index contributed by atoms with van der Waals surface area (Å²) in [6.07, 6.45) is 0. The smallest absolute Gasteiger partial charge is 0.123 e. The average Bonchev–Trinajstić information content (AvgIpc) is 2.30. The van der Waals surface area contributed by atoms with E-state index < -0.39 is 0 Å². The molecule has 0 aromatic heterocycles. The summed E-state index contributed by atoms with van der Waals surface area (Å²) >= 11 is 0. The first kappa shape index (κ1) is 10.8. The van der Waals surface area contributed by atoms with E-state index in [0.717, 1.165) is 17.7 Å². The molecule has 2 aromatic carbocycles. The van der Waals surface area contributed by atoms with Crippen molar-refractivity contribution < 1.29 is 4.39 Å². The molecule has 2 rings (SSSR count). The standard InChI is InChI=1S/C14H14FN/c1-16-10-11-5-7-12(8-6-11)13-3-2-4-14(15)9-13/h2-9,16H,10H2,1H3. The predicted octanol–water partition coefficient (Wildman–Crippen LogP) is 3.21. The molecule has 0 fully saturated rings. The molecule has 0 saturated heterocycles. The molecule has 1 N–H and O–H groups in total. The van der Waals surface area contributed by atoms with Crippen LogP contribution in [0.15, 0.2) is 48.5 Å². The zero-order valence-electron chi connectivity index (χ0n) is 9.20. The summed E-state index contributed by atoms with van der Waals surface area (Å²) in [5, 5.41) is 3.09. The van der Waals surface area contributed by atoms with E-state index in [9.17, 15) is 4.39 Å². The van der Waals surface area contributed by atoms with E-state index in [-0.39, 0.29) is 5.82 Å². The first-order chi connectivity index (χ1) is 7.79. The molecule has 0 atom stereocenters. The second kappa shape index (κ2) is 4.90. The number of benzene rings is 2. The van der Waals surface area contributed by atoms with Gasteiger partial charge in [-0.2, -0.15) is 0 Å². The van der Waals surface area contributed by atoms with Gasteiger partial charge in [0, 0.05) is 6.54 Å². The summed E-state index contributed by atoms with van der Waals surface area (Å²) in [4.78, 5) is 0. The van der Waals surface area contributed by atoms with Crippen molar-refractivity contribution in [3.63, 3.8) is 0 Å². The molecule has 0 spiro atoms. The van der Waals surface area contributed by atoms with Crippen molar-refractivity contribution in [3.05, 3.63) is 59.9 Å². The SMILES string of the molecule is CNCc1ccc(-c2cccc(F)c2)cc1. The van der Waals surface area contributed by atoms with Crippen LogP contribution in [0.25, 0.3) is 11.1 Å². The third-order valence-electron chi connectivity index (χ3n) is 2.49. The molecule has 0 radical (unpaired) electrons. The number of halogens is 1. The van der Waals surface area contributed by atoms with Crippen molar-refractivity contribution in [1.29, 1.82) is 0 Å². The average molecular weight is 215 g/mol. The summed E-state index contributed by atoms with van der Waals surface area (Å²) in [7, 11) is 1.92. The third kappa shape index (κ3) is 2.47. The Labute approximate surface area is 94.9 Å². The molecule has 0 bridgehead atoms. The summed E-state index contributed by atoms with van der Waals surface area (Å²) < 4.78 is 13.0. The molecule has 16 heavy (non-hydrogen) atoms. The monoisotopic (exact) mass is 215 g/mol. The van der Waals surface area contributed by atoms with Gasteiger partial charge in [0.1, 0.15) is 5.82 Å². The highest BCUT2D eigenvalue weighted by Crippen LogP contribution is 2.20. The van der Waals surface area contributed by atoms with E-state index in [2.05, 4.69) is 17.4 Å². The quantitative estimate of drug-likeness (QED) is 0.829. The van der Waals surface area contributed by atoms with Crippen LogP contribution in [0.1, 0.15) is 5.56 Å². The highest BCUT2D eigenvalue weighted by Gasteiger charge is 1.99. The van der Waals surface area contributed by atoms with Gasteiger partial charge in [-0.05, 0) is 35.9 Å². The fraction of sp³-hybridized carbons (Fsp3) is 0.143. The van der Waals surface area contributed by atoms with Crippen molar-refractivity contribution >= 4 is 0 Å². The Morgan fingerprint density at radius 1 is 1.00 bits per heavy atom. The van der Waals surface area contributed by atoms with Gasteiger partial charge < -0.3 is 5.32 Å². The topological polar surface area (TPSA) is 12.0 Å². The van der Waals surface area contributed by atoms with Crippen molar-refractivity contribution in [2.24, 2.45) is 0 Å². The minimum atomic E-state index is -0.197. The number of nitrogens with one attached hydrogen (secondary N) is 1. The Balaban J connectivity index is 2.27. The fourth-order valence-electron chi connectivity index (χ4n) is 1.69. The van der Waals surface area contributed by atoms with Crippen LogP contribution < -0.4 is 5.32 Å². The summed E-state index contributed by atoms with van der Waals surface area (Å²) in [5.74, 6) is -0.197. The fourth-order valence-corrected chi connectivity index (χ4v) is 1.69. The highest BCUT2D eigenvalue weighted by atomic mass is 19.1. The maximum Gasteiger partial charge on any atom is 0.123 e. The molecule has 0 heterocycles. The van der Waals surface area contributed by atoms with Gasteiger partial charge in [0.25, 0.3) is 0 Å².